The van der Waals surface area contributed by atoms with Crippen molar-refractivity contribution in [2.45, 2.75) is 70.5 Å². The fourth-order valence-corrected chi connectivity index (χ4v) is 3.68. The first-order valence-electron chi connectivity index (χ1n) is 9.30. The second-order valence-corrected chi connectivity index (χ2v) is 7.88. The summed E-state index contributed by atoms with van der Waals surface area (Å²) < 4.78 is 5.33. The lowest BCUT2D eigenvalue weighted by molar-refractivity contribution is 0.0799. The summed E-state index contributed by atoms with van der Waals surface area (Å²) in [6, 6.07) is 1.91. The molecule has 23 heavy (non-hydrogen) atoms. The molecule has 2 unspecified atom stereocenters. The van der Waals surface area contributed by atoms with Gasteiger partial charge >= 0.3 is 6.09 Å². The Kier molecular flexibility index (Phi) is 7.15. The number of piperidine rings is 1. The molecule has 134 valence electrons. The van der Waals surface area contributed by atoms with Gasteiger partial charge in [0.15, 0.2) is 0 Å². The lowest BCUT2D eigenvalue weighted by Crippen LogP contribution is -2.50. The van der Waals surface area contributed by atoms with E-state index in [4.69, 9.17) is 4.74 Å². The van der Waals surface area contributed by atoms with Crippen molar-refractivity contribution in [1.29, 1.82) is 0 Å². The van der Waals surface area contributed by atoms with E-state index in [1.807, 2.05) is 4.90 Å². The Bertz CT molecular complexity index is 365. The fourth-order valence-electron chi connectivity index (χ4n) is 3.68. The van der Waals surface area contributed by atoms with Crippen LogP contribution >= 0.6 is 0 Å². The fraction of sp³-hybridized carbons (Fsp3) is 0.944. The predicted molar refractivity (Wildman–Crippen MR) is 93.6 cm³/mol. The lowest BCUT2D eigenvalue weighted by atomic mass is 9.89. The minimum absolute atomic E-state index is 0.137. The van der Waals surface area contributed by atoms with Gasteiger partial charge in [-0.1, -0.05) is 20.3 Å². The maximum absolute atomic E-state index is 12.0. The summed E-state index contributed by atoms with van der Waals surface area (Å²) in [6.07, 6.45) is 7.14. The van der Waals surface area contributed by atoms with Gasteiger partial charge in [-0.05, 0) is 52.1 Å². The monoisotopic (exact) mass is 325 g/mol. The minimum Gasteiger partial charge on any atom is -0.449 e. The SMILES string of the molecule is CC(C)COC(=O)N1CCC(NC2CCCC(N(C)C)C2)CC1. The first kappa shape index (κ1) is 18.5. The molecule has 0 radical (unpaired) electrons. The lowest BCUT2D eigenvalue weighted by Gasteiger charge is -2.38. The highest BCUT2D eigenvalue weighted by atomic mass is 16.6. The Morgan fingerprint density at radius 3 is 2.48 bits per heavy atom. The number of nitrogens with zero attached hydrogens (tertiary/aromatic N) is 2. The number of hydrogen-bond donors (Lipinski definition) is 1. The van der Waals surface area contributed by atoms with Crippen molar-refractivity contribution < 1.29 is 9.53 Å². The van der Waals surface area contributed by atoms with Crippen LogP contribution in [-0.2, 0) is 4.74 Å². The number of carbonyl (C=O) groups excluding carboxylic acids is 1. The zero-order valence-electron chi connectivity index (χ0n) is 15.4. The van der Waals surface area contributed by atoms with Gasteiger partial charge < -0.3 is 19.9 Å². The average Bonchev–Trinajstić information content (AvgIpc) is 2.53. The van der Waals surface area contributed by atoms with Crippen LogP contribution in [0.3, 0.4) is 0 Å². The van der Waals surface area contributed by atoms with Crippen LogP contribution in [0.15, 0.2) is 0 Å². The molecular weight excluding hydrogens is 290 g/mol. The Hall–Kier alpha value is -0.810. The topological polar surface area (TPSA) is 44.8 Å². The summed E-state index contributed by atoms with van der Waals surface area (Å²) in [5.74, 6) is 0.397. The van der Waals surface area contributed by atoms with Crippen LogP contribution in [0.5, 0.6) is 0 Å². The van der Waals surface area contributed by atoms with Crippen molar-refractivity contribution in [2.75, 3.05) is 33.8 Å². The van der Waals surface area contributed by atoms with E-state index < -0.39 is 0 Å². The zero-order valence-corrected chi connectivity index (χ0v) is 15.4. The van der Waals surface area contributed by atoms with Crippen LogP contribution < -0.4 is 5.32 Å². The van der Waals surface area contributed by atoms with Crippen LogP contribution in [-0.4, -0.2) is 67.8 Å². The molecule has 5 nitrogen and oxygen atoms in total. The summed E-state index contributed by atoms with van der Waals surface area (Å²) in [5.41, 5.74) is 0. The van der Waals surface area contributed by atoms with Crippen molar-refractivity contribution in [3.05, 3.63) is 0 Å². The number of amides is 1. The second kappa shape index (κ2) is 8.88. The Labute approximate surface area is 141 Å². The summed E-state index contributed by atoms with van der Waals surface area (Å²) in [4.78, 5) is 16.2. The Morgan fingerprint density at radius 1 is 1.17 bits per heavy atom. The summed E-state index contributed by atoms with van der Waals surface area (Å²) in [5, 5.41) is 3.85. The standard InChI is InChI=1S/C18H35N3O2/c1-14(2)13-23-18(22)21-10-8-15(9-11-21)19-16-6-5-7-17(12-16)20(3)4/h14-17,19H,5-13H2,1-4H3. The average molecular weight is 325 g/mol. The molecule has 0 spiro atoms. The molecule has 2 fully saturated rings. The molecule has 2 rings (SSSR count). The molecule has 2 aliphatic rings. The van der Waals surface area contributed by atoms with Crippen LogP contribution in [0.1, 0.15) is 52.4 Å². The smallest absolute Gasteiger partial charge is 0.409 e. The van der Waals surface area contributed by atoms with Crippen molar-refractivity contribution in [3.8, 4) is 0 Å². The molecule has 1 saturated heterocycles. The van der Waals surface area contributed by atoms with Crippen molar-refractivity contribution >= 4 is 6.09 Å². The van der Waals surface area contributed by atoms with E-state index in [1.54, 1.807) is 0 Å². The normalized spacial score (nSPS) is 26.8. The highest BCUT2D eigenvalue weighted by Crippen LogP contribution is 2.23. The Morgan fingerprint density at radius 2 is 1.87 bits per heavy atom. The van der Waals surface area contributed by atoms with E-state index in [1.165, 1.54) is 25.7 Å². The van der Waals surface area contributed by atoms with Gasteiger partial charge in [-0.25, -0.2) is 4.79 Å². The quantitative estimate of drug-likeness (QED) is 0.844. The van der Waals surface area contributed by atoms with Gasteiger partial charge in [0.1, 0.15) is 0 Å². The van der Waals surface area contributed by atoms with Gasteiger partial charge in [-0.2, -0.15) is 0 Å². The van der Waals surface area contributed by atoms with Crippen molar-refractivity contribution in [2.24, 2.45) is 5.92 Å². The van der Waals surface area contributed by atoms with E-state index in [9.17, 15) is 4.79 Å². The third-order valence-corrected chi connectivity index (χ3v) is 5.14. The van der Waals surface area contributed by atoms with Gasteiger partial charge in [-0.3, -0.25) is 0 Å². The number of carbonyl (C=O) groups is 1. The highest BCUT2D eigenvalue weighted by Gasteiger charge is 2.28. The molecular formula is C18H35N3O2. The van der Waals surface area contributed by atoms with Gasteiger partial charge in [0, 0.05) is 31.2 Å². The van der Waals surface area contributed by atoms with E-state index >= 15 is 0 Å². The van der Waals surface area contributed by atoms with E-state index in [0.717, 1.165) is 25.9 Å². The maximum atomic E-state index is 12.0. The molecule has 2 atom stereocenters. The van der Waals surface area contributed by atoms with Gasteiger partial charge in [-0.15, -0.1) is 0 Å². The molecule has 0 aromatic rings. The summed E-state index contributed by atoms with van der Waals surface area (Å²) >= 11 is 0. The van der Waals surface area contributed by atoms with Crippen LogP contribution in [0, 0.1) is 5.92 Å². The summed E-state index contributed by atoms with van der Waals surface area (Å²) in [6.45, 7) is 6.28. The van der Waals surface area contributed by atoms with Crippen LogP contribution in [0.25, 0.3) is 0 Å². The third kappa shape index (κ3) is 5.96. The van der Waals surface area contributed by atoms with Crippen molar-refractivity contribution in [1.82, 2.24) is 15.1 Å². The minimum atomic E-state index is -0.137. The number of rotatable bonds is 5. The molecule has 1 amide bonds. The largest absolute Gasteiger partial charge is 0.449 e. The number of likely N-dealkylation sites (tertiary alicyclic amines) is 1. The van der Waals surface area contributed by atoms with E-state index in [-0.39, 0.29) is 6.09 Å². The summed E-state index contributed by atoms with van der Waals surface area (Å²) in [7, 11) is 4.38. The van der Waals surface area contributed by atoms with Gasteiger partial charge in [0.05, 0.1) is 6.61 Å². The maximum Gasteiger partial charge on any atom is 0.409 e. The molecule has 1 aliphatic heterocycles. The first-order chi connectivity index (χ1) is 11.0. The number of hydrogen-bond acceptors (Lipinski definition) is 4. The molecule has 5 heteroatoms. The molecule has 0 bridgehead atoms. The number of nitrogens with one attached hydrogen (secondary N) is 1. The van der Waals surface area contributed by atoms with Gasteiger partial charge in [0.25, 0.3) is 0 Å². The molecule has 0 aromatic heterocycles. The van der Waals surface area contributed by atoms with Crippen LogP contribution in [0.2, 0.25) is 0 Å². The zero-order chi connectivity index (χ0) is 16.8. The molecule has 1 saturated carbocycles. The Balaban J connectivity index is 1.69. The first-order valence-corrected chi connectivity index (χ1v) is 9.30. The second-order valence-electron chi connectivity index (χ2n) is 7.88. The molecule has 1 heterocycles. The van der Waals surface area contributed by atoms with E-state index in [2.05, 4.69) is 38.2 Å². The van der Waals surface area contributed by atoms with Crippen LogP contribution in [0.4, 0.5) is 4.79 Å². The molecule has 1 aliphatic carbocycles. The number of ether oxygens (including phenoxy) is 1. The highest BCUT2D eigenvalue weighted by molar-refractivity contribution is 5.67. The third-order valence-electron chi connectivity index (χ3n) is 5.14. The molecule has 0 aromatic carbocycles. The van der Waals surface area contributed by atoms with Crippen molar-refractivity contribution in [3.63, 3.8) is 0 Å². The predicted octanol–water partition coefficient (Wildman–Crippen LogP) is 2.71. The van der Waals surface area contributed by atoms with E-state index in [0.29, 0.717) is 30.7 Å². The molecule has 1 N–H and O–H groups in total. The van der Waals surface area contributed by atoms with Gasteiger partial charge in [0.2, 0.25) is 0 Å².